The summed E-state index contributed by atoms with van der Waals surface area (Å²) in [6.07, 6.45) is 1.03. The van der Waals surface area contributed by atoms with E-state index in [1.54, 1.807) is 14.2 Å². The van der Waals surface area contributed by atoms with Gasteiger partial charge in [0.2, 0.25) is 0 Å². The highest BCUT2D eigenvalue weighted by molar-refractivity contribution is 6.02. The first-order valence-corrected chi connectivity index (χ1v) is 10.1. The van der Waals surface area contributed by atoms with Gasteiger partial charge in [-0.15, -0.1) is 0 Å². The molecule has 146 valence electrons. The van der Waals surface area contributed by atoms with E-state index in [1.807, 2.05) is 0 Å². The molecule has 0 amide bonds. The van der Waals surface area contributed by atoms with Gasteiger partial charge >= 0.3 is 0 Å². The summed E-state index contributed by atoms with van der Waals surface area (Å²) in [5.74, 6) is 1.63. The maximum atomic E-state index is 5.53. The van der Waals surface area contributed by atoms with E-state index in [0.29, 0.717) is 0 Å². The van der Waals surface area contributed by atoms with E-state index >= 15 is 0 Å². The number of hydrogen-bond donors (Lipinski definition) is 0. The number of nitrogens with zero attached hydrogens (tertiary/aromatic N) is 1. The van der Waals surface area contributed by atoms with Crippen LogP contribution in [0.25, 0.3) is 21.5 Å². The molecule has 0 unspecified atom stereocenters. The molecule has 0 atom stereocenters. The molecular weight excluding hydrogens is 358 g/mol. The van der Waals surface area contributed by atoms with Crippen LogP contribution in [0.5, 0.6) is 11.5 Å². The Morgan fingerprint density at radius 2 is 1.34 bits per heavy atom. The first kappa shape index (κ1) is 18.0. The van der Waals surface area contributed by atoms with E-state index in [0.717, 1.165) is 37.6 Å². The van der Waals surface area contributed by atoms with Crippen molar-refractivity contribution in [2.45, 2.75) is 19.5 Å². The largest absolute Gasteiger partial charge is 0.493 e. The van der Waals surface area contributed by atoms with Crippen molar-refractivity contribution in [3.05, 3.63) is 83.4 Å². The summed E-state index contributed by atoms with van der Waals surface area (Å²) in [5, 5.41) is 5.32. The van der Waals surface area contributed by atoms with Crippen LogP contribution in [-0.4, -0.2) is 25.7 Å². The predicted octanol–water partition coefficient (Wildman–Crippen LogP) is 5.57. The monoisotopic (exact) mass is 383 g/mol. The Bertz CT molecular complexity index is 1140. The van der Waals surface area contributed by atoms with Gasteiger partial charge in [-0.1, -0.05) is 48.5 Å². The first-order valence-electron chi connectivity index (χ1n) is 10.1. The molecule has 0 aliphatic carbocycles. The summed E-state index contributed by atoms with van der Waals surface area (Å²) in [5.41, 5.74) is 4.11. The Morgan fingerprint density at radius 3 is 1.97 bits per heavy atom. The van der Waals surface area contributed by atoms with Gasteiger partial charge in [-0.05, 0) is 62.9 Å². The van der Waals surface area contributed by atoms with E-state index in [1.165, 1.54) is 38.2 Å². The number of methoxy groups -OCH3 is 2. The molecule has 4 aromatic carbocycles. The normalized spacial score (nSPS) is 14.1. The van der Waals surface area contributed by atoms with Crippen LogP contribution in [-0.2, 0) is 19.5 Å². The molecule has 0 fully saturated rings. The fourth-order valence-electron chi connectivity index (χ4n) is 4.58. The molecule has 0 bridgehead atoms. The van der Waals surface area contributed by atoms with Gasteiger partial charge in [0.25, 0.3) is 0 Å². The van der Waals surface area contributed by atoms with Gasteiger partial charge in [0, 0.05) is 19.6 Å². The van der Waals surface area contributed by atoms with Crippen molar-refractivity contribution in [3.63, 3.8) is 0 Å². The van der Waals surface area contributed by atoms with Crippen molar-refractivity contribution in [1.29, 1.82) is 0 Å². The summed E-state index contributed by atoms with van der Waals surface area (Å²) < 4.78 is 11.0. The van der Waals surface area contributed by atoms with Crippen LogP contribution in [0.2, 0.25) is 0 Å². The topological polar surface area (TPSA) is 21.7 Å². The van der Waals surface area contributed by atoms with Gasteiger partial charge in [-0.2, -0.15) is 0 Å². The van der Waals surface area contributed by atoms with Crippen molar-refractivity contribution in [2.24, 2.45) is 0 Å². The minimum absolute atomic E-state index is 0.809. The average molecular weight is 383 g/mol. The Hall–Kier alpha value is -3.04. The zero-order valence-corrected chi connectivity index (χ0v) is 16.9. The number of benzene rings is 4. The van der Waals surface area contributed by atoms with Gasteiger partial charge < -0.3 is 9.47 Å². The van der Waals surface area contributed by atoms with E-state index in [2.05, 4.69) is 71.6 Å². The molecule has 0 saturated carbocycles. The van der Waals surface area contributed by atoms with Crippen molar-refractivity contribution in [2.75, 3.05) is 20.8 Å². The molecule has 1 heterocycles. The zero-order chi connectivity index (χ0) is 19.8. The minimum Gasteiger partial charge on any atom is -0.493 e. The molecule has 0 N–H and O–H groups in total. The highest BCUT2D eigenvalue weighted by atomic mass is 16.5. The van der Waals surface area contributed by atoms with Crippen LogP contribution < -0.4 is 9.47 Å². The maximum Gasteiger partial charge on any atom is 0.161 e. The summed E-state index contributed by atoms with van der Waals surface area (Å²) in [4.78, 5) is 2.54. The molecule has 0 radical (unpaired) electrons. The SMILES string of the molecule is COc1cc2c(cc1OC)CN(Cc1c3ccccc3cc3ccccc13)CC2. The molecule has 3 nitrogen and oxygen atoms in total. The lowest BCUT2D eigenvalue weighted by Gasteiger charge is -2.30. The van der Waals surface area contributed by atoms with Gasteiger partial charge in [0.15, 0.2) is 11.5 Å². The Kier molecular flexibility index (Phi) is 4.61. The summed E-state index contributed by atoms with van der Waals surface area (Å²) in [6, 6.07) is 24.0. The number of hydrogen-bond acceptors (Lipinski definition) is 3. The second-order valence-corrected chi connectivity index (χ2v) is 7.73. The molecule has 4 aromatic rings. The zero-order valence-electron chi connectivity index (χ0n) is 16.9. The Labute approximate surface area is 171 Å². The summed E-state index contributed by atoms with van der Waals surface area (Å²) >= 11 is 0. The Balaban J connectivity index is 1.53. The van der Waals surface area contributed by atoms with Crippen LogP contribution in [0, 0.1) is 0 Å². The third-order valence-electron chi connectivity index (χ3n) is 6.06. The lowest BCUT2D eigenvalue weighted by molar-refractivity contribution is 0.246. The number of rotatable bonds is 4. The van der Waals surface area contributed by atoms with E-state index in [-0.39, 0.29) is 0 Å². The van der Waals surface area contributed by atoms with Gasteiger partial charge in [-0.25, -0.2) is 0 Å². The van der Waals surface area contributed by atoms with Crippen LogP contribution in [0.3, 0.4) is 0 Å². The van der Waals surface area contributed by atoms with E-state index < -0.39 is 0 Å². The highest BCUT2D eigenvalue weighted by Gasteiger charge is 2.21. The predicted molar refractivity (Wildman–Crippen MR) is 119 cm³/mol. The fraction of sp³-hybridized carbons (Fsp3) is 0.231. The van der Waals surface area contributed by atoms with Crippen molar-refractivity contribution in [1.82, 2.24) is 4.90 Å². The summed E-state index contributed by atoms with van der Waals surface area (Å²) in [7, 11) is 3.40. The van der Waals surface area contributed by atoms with E-state index in [4.69, 9.17) is 9.47 Å². The summed E-state index contributed by atoms with van der Waals surface area (Å²) in [6.45, 7) is 2.91. The van der Waals surface area contributed by atoms with Gasteiger partial charge in [-0.3, -0.25) is 4.90 Å². The van der Waals surface area contributed by atoms with Crippen LogP contribution >= 0.6 is 0 Å². The van der Waals surface area contributed by atoms with Crippen molar-refractivity contribution < 1.29 is 9.47 Å². The van der Waals surface area contributed by atoms with Crippen molar-refractivity contribution >= 4 is 21.5 Å². The second kappa shape index (κ2) is 7.41. The lowest BCUT2D eigenvalue weighted by Crippen LogP contribution is -2.30. The lowest BCUT2D eigenvalue weighted by atomic mass is 9.94. The molecule has 0 aromatic heterocycles. The maximum absolute atomic E-state index is 5.53. The minimum atomic E-state index is 0.809. The molecular formula is C26H25NO2. The Morgan fingerprint density at radius 1 is 0.759 bits per heavy atom. The molecule has 1 aliphatic rings. The van der Waals surface area contributed by atoms with Gasteiger partial charge in [0.05, 0.1) is 14.2 Å². The molecule has 0 saturated heterocycles. The molecule has 29 heavy (non-hydrogen) atoms. The van der Waals surface area contributed by atoms with Crippen molar-refractivity contribution in [3.8, 4) is 11.5 Å². The molecule has 5 rings (SSSR count). The van der Waals surface area contributed by atoms with Crippen LogP contribution in [0.15, 0.2) is 66.7 Å². The first-order chi connectivity index (χ1) is 14.3. The van der Waals surface area contributed by atoms with Crippen LogP contribution in [0.1, 0.15) is 16.7 Å². The third-order valence-corrected chi connectivity index (χ3v) is 6.06. The highest BCUT2D eigenvalue weighted by Crippen LogP contribution is 2.35. The van der Waals surface area contributed by atoms with Crippen LogP contribution in [0.4, 0.5) is 0 Å². The third kappa shape index (κ3) is 3.22. The van der Waals surface area contributed by atoms with Gasteiger partial charge in [0.1, 0.15) is 0 Å². The molecule has 1 aliphatic heterocycles. The molecule has 0 spiro atoms. The standard InChI is InChI=1S/C26H25NO2/c1-28-25-14-18-11-12-27(16-21(18)15-26(25)29-2)17-24-22-9-5-3-7-19(22)13-20-8-4-6-10-23(20)24/h3-10,13-15H,11-12,16-17H2,1-2H3. The fourth-order valence-corrected chi connectivity index (χ4v) is 4.58. The quantitative estimate of drug-likeness (QED) is 0.430. The molecule has 3 heteroatoms. The number of fused-ring (bicyclic) bond motifs is 3. The second-order valence-electron chi connectivity index (χ2n) is 7.73. The smallest absolute Gasteiger partial charge is 0.161 e. The number of ether oxygens (including phenoxy) is 2. The van der Waals surface area contributed by atoms with E-state index in [9.17, 15) is 0 Å². The average Bonchev–Trinajstić information content (AvgIpc) is 2.77.